The van der Waals surface area contributed by atoms with Crippen molar-refractivity contribution in [2.24, 2.45) is 5.41 Å². The number of hydrogen-bond acceptors (Lipinski definition) is 11. The van der Waals surface area contributed by atoms with Gasteiger partial charge in [-0.2, -0.15) is 0 Å². The first kappa shape index (κ1) is 28.1. The van der Waals surface area contributed by atoms with Gasteiger partial charge in [-0.15, -0.1) is 0 Å². The highest BCUT2D eigenvalue weighted by Crippen LogP contribution is 2.37. The van der Waals surface area contributed by atoms with Crippen LogP contribution in [-0.2, 0) is 28.7 Å². The molecule has 1 amide bonds. The number of benzene rings is 2. The first-order chi connectivity index (χ1) is 18.2. The molecule has 0 aromatic heterocycles. The Labute approximate surface area is 218 Å². The van der Waals surface area contributed by atoms with Gasteiger partial charge in [0.25, 0.3) is 11.6 Å². The van der Waals surface area contributed by atoms with Gasteiger partial charge < -0.3 is 24.5 Å². The second kappa shape index (κ2) is 12.1. The zero-order valence-corrected chi connectivity index (χ0v) is 21.1. The number of nitrogens with one attached hydrogen (secondary N) is 2. The van der Waals surface area contributed by atoms with Crippen LogP contribution in [0.15, 0.2) is 48.5 Å². The lowest BCUT2D eigenvalue weighted by Gasteiger charge is -2.41. The van der Waals surface area contributed by atoms with Crippen molar-refractivity contribution in [1.82, 2.24) is 5.43 Å². The van der Waals surface area contributed by atoms with Crippen LogP contribution in [0.1, 0.15) is 20.3 Å². The van der Waals surface area contributed by atoms with Gasteiger partial charge in [0.05, 0.1) is 25.2 Å². The maximum atomic E-state index is 13.7. The summed E-state index contributed by atoms with van der Waals surface area (Å²) in [4.78, 5) is 64.9. The fourth-order valence-electron chi connectivity index (χ4n) is 4.10. The minimum absolute atomic E-state index is 0.0461. The highest BCUT2D eigenvalue weighted by atomic mass is 16.6. The molecule has 3 rings (SSSR count). The van der Waals surface area contributed by atoms with Crippen LogP contribution in [0.2, 0.25) is 0 Å². The Morgan fingerprint density at radius 3 is 2.24 bits per heavy atom. The molecule has 1 aliphatic heterocycles. The van der Waals surface area contributed by atoms with Crippen molar-refractivity contribution < 1.29 is 38.3 Å². The number of amides is 1. The van der Waals surface area contributed by atoms with E-state index in [-0.39, 0.29) is 37.6 Å². The molecule has 1 fully saturated rings. The summed E-state index contributed by atoms with van der Waals surface area (Å²) < 4.78 is 15.5. The van der Waals surface area contributed by atoms with E-state index in [1.54, 1.807) is 31.2 Å². The van der Waals surface area contributed by atoms with Crippen molar-refractivity contribution >= 4 is 40.7 Å². The molecule has 2 unspecified atom stereocenters. The molecule has 38 heavy (non-hydrogen) atoms. The molecule has 1 saturated heterocycles. The molecule has 13 heteroatoms. The predicted octanol–water partition coefficient (Wildman–Crippen LogP) is 2.01. The van der Waals surface area contributed by atoms with Crippen molar-refractivity contribution in [2.75, 3.05) is 37.2 Å². The summed E-state index contributed by atoms with van der Waals surface area (Å²) in [5.74, 6) is -3.66. The number of nitrogens with zero attached hydrogens (tertiary/aromatic N) is 2. The SMILES string of the molecule is CCOC(=O)C(NNc1ccc(OC)cc1)C1(C(=O)OCC)CCN(c2ccc([N+](=O)[O-])cc2)C(=O)C1=O. The number of carbonyl (C=O) groups is 4. The lowest BCUT2D eigenvalue weighted by molar-refractivity contribution is -0.384. The van der Waals surface area contributed by atoms with Crippen LogP contribution in [-0.4, -0.2) is 61.5 Å². The highest BCUT2D eigenvalue weighted by Gasteiger charge is 2.62. The molecule has 2 aromatic carbocycles. The number of nitro benzene ring substituents is 1. The average Bonchev–Trinajstić information content (AvgIpc) is 2.91. The summed E-state index contributed by atoms with van der Waals surface area (Å²) in [5.41, 5.74) is 3.76. The summed E-state index contributed by atoms with van der Waals surface area (Å²) in [6.45, 7) is 2.80. The molecule has 2 atom stereocenters. The number of carbonyl (C=O) groups excluding carboxylic acids is 4. The van der Waals surface area contributed by atoms with Crippen LogP contribution >= 0.6 is 0 Å². The lowest BCUT2D eigenvalue weighted by atomic mass is 9.70. The number of anilines is 2. The second-order valence-electron chi connectivity index (χ2n) is 8.18. The number of nitro groups is 1. The van der Waals surface area contributed by atoms with Crippen molar-refractivity contribution in [3.05, 3.63) is 58.6 Å². The number of hydrogen-bond donors (Lipinski definition) is 2. The Morgan fingerprint density at radius 2 is 1.68 bits per heavy atom. The third-order valence-corrected chi connectivity index (χ3v) is 6.05. The van der Waals surface area contributed by atoms with Crippen molar-refractivity contribution in [3.8, 4) is 5.75 Å². The molecule has 0 radical (unpaired) electrons. The van der Waals surface area contributed by atoms with E-state index in [0.717, 1.165) is 4.90 Å². The Hall–Kier alpha value is -4.52. The van der Waals surface area contributed by atoms with E-state index >= 15 is 0 Å². The van der Waals surface area contributed by atoms with Gasteiger partial charge in [-0.1, -0.05) is 0 Å². The minimum Gasteiger partial charge on any atom is -0.497 e. The van der Waals surface area contributed by atoms with E-state index in [1.807, 2.05) is 0 Å². The monoisotopic (exact) mass is 528 g/mol. The smallest absolute Gasteiger partial charge is 0.326 e. The Kier molecular flexibility index (Phi) is 8.97. The van der Waals surface area contributed by atoms with Gasteiger partial charge in [0.1, 0.15) is 11.8 Å². The van der Waals surface area contributed by atoms with Crippen molar-refractivity contribution in [2.45, 2.75) is 26.3 Å². The highest BCUT2D eigenvalue weighted by molar-refractivity contribution is 6.47. The van der Waals surface area contributed by atoms with Gasteiger partial charge in [-0.05, 0) is 56.7 Å². The number of rotatable bonds is 11. The summed E-state index contributed by atoms with van der Waals surface area (Å²) in [6.07, 6.45) is -0.284. The summed E-state index contributed by atoms with van der Waals surface area (Å²) in [6, 6.07) is 10.00. The van der Waals surface area contributed by atoms with Crippen LogP contribution in [0.4, 0.5) is 17.1 Å². The summed E-state index contributed by atoms with van der Waals surface area (Å²) >= 11 is 0. The molecule has 0 saturated carbocycles. The van der Waals surface area contributed by atoms with Crippen LogP contribution in [0.25, 0.3) is 0 Å². The fraction of sp³-hybridized carbons (Fsp3) is 0.360. The molecular formula is C25H28N4O9. The molecule has 0 bridgehead atoms. The van der Waals surface area contributed by atoms with Crippen molar-refractivity contribution in [1.29, 1.82) is 0 Å². The fourth-order valence-corrected chi connectivity index (χ4v) is 4.10. The Balaban J connectivity index is 1.97. The number of hydrazine groups is 1. The minimum atomic E-state index is -2.24. The van der Waals surface area contributed by atoms with Crippen LogP contribution in [0, 0.1) is 15.5 Å². The number of piperidine rings is 1. The predicted molar refractivity (Wildman–Crippen MR) is 134 cm³/mol. The topological polar surface area (TPSA) is 166 Å². The standard InChI is InChI=1S/C25H28N4O9/c1-4-37-23(32)20(27-26-16-6-12-19(36-3)13-7-16)25(24(33)38-5-2)14-15-28(22(31)21(25)30)17-8-10-18(11-9-17)29(34)35/h6-13,20,26-27H,4-5,14-15H2,1-3H3. The molecule has 2 aromatic rings. The van der Waals surface area contributed by atoms with Gasteiger partial charge in [-0.3, -0.25) is 29.3 Å². The maximum Gasteiger partial charge on any atom is 0.326 e. The molecule has 202 valence electrons. The normalized spacial score (nSPS) is 17.9. The van der Waals surface area contributed by atoms with E-state index < -0.39 is 40.0 Å². The maximum absolute atomic E-state index is 13.7. The van der Waals surface area contributed by atoms with E-state index in [2.05, 4.69) is 10.9 Å². The van der Waals surface area contributed by atoms with Gasteiger partial charge >= 0.3 is 11.9 Å². The third-order valence-electron chi connectivity index (χ3n) is 6.05. The zero-order valence-electron chi connectivity index (χ0n) is 21.1. The second-order valence-corrected chi connectivity index (χ2v) is 8.18. The van der Waals surface area contributed by atoms with Crippen LogP contribution in [0.5, 0.6) is 5.75 Å². The number of ether oxygens (including phenoxy) is 3. The number of ketones is 1. The average molecular weight is 529 g/mol. The first-order valence-electron chi connectivity index (χ1n) is 11.8. The van der Waals surface area contributed by atoms with Crippen LogP contribution < -0.4 is 20.5 Å². The molecule has 0 aliphatic carbocycles. The quantitative estimate of drug-likeness (QED) is 0.144. The number of Topliss-reactive ketones (excluding diaryl/α,β-unsaturated/α-hetero) is 1. The molecule has 0 spiro atoms. The van der Waals surface area contributed by atoms with Gasteiger partial charge in [-0.25, -0.2) is 5.43 Å². The number of esters is 2. The molecular weight excluding hydrogens is 500 g/mol. The van der Waals surface area contributed by atoms with E-state index in [1.165, 1.54) is 38.3 Å². The van der Waals surface area contributed by atoms with Crippen LogP contribution in [0.3, 0.4) is 0 Å². The van der Waals surface area contributed by atoms with E-state index in [4.69, 9.17) is 14.2 Å². The van der Waals surface area contributed by atoms with Gasteiger partial charge in [0.15, 0.2) is 5.41 Å². The van der Waals surface area contributed by atoms with Crippen molar-refractivity contribution in [3.63, 3.8) is 0 Å². The molecule has 1 aliphatic rings. The molecule has 1 heterocycles. The number of non-ortho nitro benzene ring substituents is 1. The third kappa shape index (κ3) is 5.57. The largest absolute Gasteiger partial charge is 0.497 e. The number of methoxy groups -OCH3 is 1. The molecule has 2 N–H and O–H groups in total. The Morgan fingerprint density at radius 1 is 1.05 bits per heavy atom. The summed E-state index contributed by atoms with van der Waals surface area (Å²) in [7, 11) is 1.51. The zero-order chi connectivity index (χ0) is 27.9. The van der Waals surface area contributed by atoms with Gasteiger partial charge in [0, 0.05) is 30.1 Å². The van der Waals surface area contributed by atoms with Gasteiger partial charge in [0.2, 0.25) is 5.78 Å². The van der Waals surface area contributed by atoms with E-state index in [0.29, 0.717) is 11.4 Å². The van der Waals surface area contributed by atoms with E-state index in [9.17, 15) is 29.3 Å². The Bertz CT molecular complexity index is 1200. The first-order valence-corrected chi connectivity index (χ1v) is 11.8. The summed E-state index contributed by atoms with van der Waals surface area (Å²) in [5, 5.41) is 11.0. The molecule has 13 nitrogen and oxygen atoms in total. The lowest BCUT2D eigenvalue weighted by Crippen LogP contribution is -2.67.